The second-order valence-electron chi connectivity index (χ2n) is 7.26. The van der Waals surface area contributed by atoms with Gasteiger partial charge in [0.15, 0.2) is 0 Å². The van der Waals surface area contributed by atoms with Crippen molar-refractivity contribution in [3.8, 4) is 5.75 Å². The molecule has 148 valence electrons. The summed E-state index contributed by atoms with van der Waals surface area (Å²) in [5.74, 6) is 0.362. The highest BCUT2D eigenvalue weighted by atomic mass is 16.5. The number of benzene rings is 2. The molecule has 0 bridgehead atoms. The van der Waals surface area contributed by atoms with E-state index in [4.69, 9.17) is 4.74 Å². The normalized spacial score (nSPS) is 17.5. The van der Waals surface area contributed by atoms with Crippen molar-refractivity contribution in [2.75, 3.05) is 13.2 Å². The number of ether oxygens (including phenoxy) is 1. The number of nitrogens with one attached hydrogen (secondary N) is 1. The van der Waals surface area contributed by atoms with E-state index < -0.39 is 18.2 Å². The number of imide groups is 1. The molecule has 1 aliphatic heterocycles. The summed E-state index contributed by atoms with van der Waals surface area (Å²) in [4.78, 5) is 25.7. The molecule has 0 spiro atoms. The Balaban J connectivity index is 1.50. The molecule has 2 N–H and O–H groups in total. The molecule has 2 aromatic carbocycles. The van der Waals surface area contributed by atoms with Gasteiger partial charge in [0.05, 0.1) is 6.54 Å². The fourth-order valence-corrected chi connectivity index (χ4v) is 3.37. The summed E-state index contributed by atoms with van der Waals surface area (Å²) in [6.07, 6.45) is 0.271. The van der Waals surface area contributed by atoms with Crippen molar-refractivity contribution in [3.05, 3.63) is 65.2 Å². The number of amides is 3. The third kappa shape index (κ3) is 5.10. The van der Waals surface area contributed by atoms with E-state index in [1.54, 1.807) is 0 Å². The first kappa shape index (κ1) is 19.9. The number of rotatable bonds is 8. The maximum absolute atomic E-state index is 12.5. The zero-order chi connectivity index (χ0) is 20.1. The highest BCUT2D eigenvalue weighted by Gasteiger charge is 2.38. The third-order valence-electron chi connectivity index (χ3n) is 4.70. The van der Waals surface area contributed by atoms with Crippen molar-refractivity contribution < 1.29 is 19.4 Å². The first-order chi connectivity index (χ1) is 13.4. The molecule has 1 fully saturated rings. The van der Waals surface area contributed by atoms with Gasteiger partial charge in [0.25, 0.3) is 5.91 Å². The maximum atomic E-state index is 12.5. The van der Waals surface area contributed by atoms with Crippen LogP contribution in [0.5, 0.6) is 5.75 Å². The van der Waals surface area contributed by atoms with E-state index in [-0.39, 0.29) is 19.1 Å². The molecule has 6 nitrogen and oxygen atoms in total. The van der Waals surface area contributed by atoms with Gasteiger partial charge in [0, 0.05) is 0 Å². The van der Waals surface area contributed by atoms with Crippen LogP contribution in [0.25, 0.3) is 0 Å². The van der Waals surface area contributed by atoms with Crippen LogP contribution in [0.3, 0.4) is 0 Å². The van der Waals surface area contributed by atoms with Crippen molar-refractivity contribution in [3.63, 3.8) is 0 Å². The smallest absolute Gasteiger partial charge is 0.324 e. The minimum Gasteiger partial charge on any atom is -0.491 e. The van der Waals surface area contributed by atoms with Crippen LogP contribution in [0.1, 0.15) is 23.1 Å². The molecule has 6 heteroatoms. The standard InChI is InChI=1S/C22H26N2O4/c1-15-10-16(2)12-19(11-15)28-14-18(25)13-24-21(26)20(23-22(24)27)9-8-17-6-4-3-5-7-17/h3-7,10-12,18,20,25H,8-9,13-14H2,1-2H3,(H,23,27)/t18-,20-/m0/s1. The first-order valence-corrected chi connectivity index (χ1v) is 9.47. The Morgan fingerprint density at radius 3 is 2.46 bits per heavy atom. The molecule has 1 heterocycles. The Labute approximate surface area is 165 Å². The second-order valence-corrected chi connectivity index (χ2v) is 7.26. The molecule has 0 saturated carbocycles. The quantitative estimate of drug-likeness (QED) is 0.688. The minimum atomic E-state index is -0.955. The van der Waals surface area contributed by atoms with Crippen molar-refractivity contribution in [1.82, 2.24) is 10.2 Å². The average molecular weight is 382 g/mol. The number of urea groups is 1. The van der Waals surface area contributed by atoms with E-state index in [2.05, 4.69) is 5.32 Å². The van der Waals surface area contributed by atoms with Gasteiger partial charge in [0.1, 0.15) is 24.5 Å². The molecular weight excluding hydrogens is 356 g/mol. The Kier molecular flexibility index (Phi) is 6.31. The van der Waals surface area contributed by atoms with Crippen molar-refractivity contribution in [2.45, 2.75) is 38.8 Å². The molecule has 3 rings (SSSR count). The lowest BCUT2D eigenvalue weighted by molar-refractivity contribution is -0.128. The highest BCUT2D eigenvalue weighted by molar-refractivity contribution is 6.04. The van der Waals surface area contributed by atoms with Gasteiger partial charge in [0.2, 0.25) is 0 Å². The average Bonchev–Trinajstić information content (AvgIpc) is 2.92. The van der Waals surface area contributed by atoms with Crippen molar-refractivity contribution in [1.29, 1.82) is 0 Å². The Morgan fingerprint density at radius 2 is 1.79 bits per heavy atom. The van der Waals surface area contributed by atoms with Crippen molar-refractivity contribution in [2.24, 2.45) is 0 Å². The number of β-amino-alcohol motifs (C(OH)–C–C–N with tert-alkyl or cyclic N) is 1. The van der Waals surface area contributed by atoms with Crippen LogP contribution < -0.4 is 10.1 Å². The number of hydrogen-bond acceptors (Lipinski definition) is 4. The van der Waals surface area contributed by atoms with Gasteiger partial charge in [-0.25, -0.2) is 4.79 Å². The van der Waals surface area contributed by atoms with Crippen LogP contribution in [0.4, 0.5) is 4.79 Å². The lowest BCUT2D eigenvalue weighted by Gasteiger charge is -2.18. The zero-order valence-corrected chi connectivity index (χ0v) is 16.2. The number of carbonyl (C=O) groups excluding carboxylic acids is 2. The second kappa shape index (κ2) is 8.89. The van der Waals surface area contributed by atoms with E-state index in [9.17, 15) is 14.7 Å². The van der Waals surface area contributed by atoms with Crippen LogP contribution in [0.2, 0.25) is 0 Å². The van der Waals surface area contributed by atoms with Crippen LogP contribution in [-0.4, -0.2) is 47.2 Å². The molecule has 28 heavy (non-hydrogen) atoms. The molecule has 0 radical (unpaired) electrons. The summed E-state index contributed by atoms with van der Waals surface area (Å²) in [6, 6.07) is 14.6. The van der Waals surface area contributed by atoms with E-state index in [0.717, 1.165) is 21.6 Å². The summed E-state index contributed by atoms with van der Waals surface area (Å²) in [6.45, 7) is 3.87. The summed E-state index contributed by atoms with van der Waals surface area (Å²) in [7, 11) is 0. The lowest BCUT2D eigenvalue weighted by atomic mass is 10.1. The number of aryl methyl sites for hydroxylation is 3. The van der Waals surface area contributed by atoms with E-state index in [1.165, 1.54) is 0 Å². The van der Waals surface area contributed by atoms with E-state index >= 15 is 0 Å². The SMILES string of the molecule is Cc1cc(C)cc(OC[C@@H](O)CN2C(=O)N[C@@H](CCc3ccccc3)C2=O)c1. The van der Waals surface area contributed by atoms with Crippen molar-refractivity contribution >= 4 is 11.9 Å². The molecule has 3 amide bonds. The largest absolute Gasteiger partial charge is 0.491 e. The fourth-order valence-electron chi connectivity index (χ4n) is 3.37. The topological polar surface area (TPSA) is 78.9 Å². The van der Waals surface area contributed by atoms with Crippen LogP contribution in [0.15, 0.2) is 48.5 Å². The summed E-state index contributed by atoms with van der Waals surface area (Å²) < 4.78 is 5.62. The van der Waals surface area contributed by atoms with Gasteiger partial charge in [-0.15, -0.1) is 0 Å². The van der Waals surface area contributed by atoms with E-state index in [0.29, 0.717) is 18.6 Å². The lowest BCUT2D eigenvalue weighted by Crippen LogP contribution is -2.40. The maximum Gasteiger partial charge on any atom is 0.324 e. The van der Waals surface area contributed by atoms with Gasteiger partial charge in [-0.2, -0.15) is 0 Å². The Morgan fingerprint density at radius 1 is 1.11 bits per heavy atom. The number of carbonyl (C=O) groups is 2. The Hall–Kier alpha value is -2.86. The summed E-state index contributed by atoms with van der Waals surface area (Å²) in [5, 5.41) is 12.9. The molecule has 0 aromatic heterocycles. The number of aliphatic hydroxyl groups is 1. The molecule has 0 aliphatic carbocycles. The molecule has 2 aromatic rings. The molecule has 1 aliphatic rings. The predicted molar refractivity (Wildman–Crippen MR) is 106 cm³/mol. The van der Waals surface area contributed by atoms with Gasteiger partial charge >= 0.3 is 6.03 Å². The van der Waals surface area contributed by atoms with Crippen LogP contribution in [-0.2, 0) is 11.2 Å². The first-order valence-electron chi connectivity index (χ1n) is 9.47. The zero-order valence-electron chi connectivity index (χ0n) is 16.2. The van der Waals surface area contributed by atoms with Gasteiger partial charge in [-0.05, 0) is 55.5 Å². The van der Waals surface area contributed by atoms with Gasteiger partial charge < -0.3 is 15.2 Å². The van der Waals surface area contributed by atoms with Gasteiger partial charge in [-0.3, -0.25) is 9.69 Å². The number of nitrogens with zero attached hydrogens (tertiary/aromatic N) is 1. The highest BCUT2D eigenvalue weighted by Crippen LogP contribution is 2.17. The Bertz CT molecular complexity index is 817. The molecule has 2 atom stereocenters. The molecule has 0 unspecified atom stereocenters. The molecule has 1 saturated heterocycles. The number of aliphatic hydroxyl groups excluding tert-OH is 1. The minimum absolute atomic E-state index is 0.00857. The summed E-state index contributed by atoms with van der Waals surface area (Å²) >= 11 is 0. The summed E-state index contributed by atoms with van der Waals surface area (Å²) in [5.41, 5.74) is 3.25. The van der Waals surface area contributed by atoms with Crippen LogP contribution in [0, 0.1) is 13.8 Å². The third-order valence-corrected chi connectivity index (χ3v) is 4.70. The van der Waals surface area contributed by atoms with Crippen LogP contribution >= 0.6 is 0 Å². The van der Waals surface area contributed by atoms with E-state index in [1.807, 2.05) is 62.4 Å². The number of hydrogen-bond donors (Lipinski definition) is 2. The monoisotopic (exact) mass is 382 g/mol. The fraction of sp³-hybridized carbons (Fsp3) is 0.364. The van der Waals surface area contributed by atoms with Gasteiger partial charge in [-0.1, -0.05) is 36.4 Å². The molecular formula is C22H26N2O4. The predicted octanol–water partition coefficient (Wildman–Crippen LogP) is 2.60.